The van der Waals surface area contributed by atoms with Gasteiger partial charge in [-0.3, -0.25) is 4.99 Å². The van der Waals surface area contributed by atoms with Gasteiger partial charge in [0.25, 0.3) is 5.90 Å². The summed E-state index contributed by atoms with van der Waals surface area (Å²) in [6.45, 7) is -0.0933. The number of ether oxygens (including phenoxy) is 5. The molecule has 0 amide bonds. The molecule has 5 aromatic rings. The van der Waals surface area contributed by atoms with Gasteiger partial charge in [-0.15, -0.1) is 0 Å². The summed E-state index contributed by atoms with van der Waals surface area (Å²) in [5.74, 6) is -1.65. The maximum atomic E-state index is 14.7. The Morgan fingerprint density at radius 1 is 0.607 bits per heavy atom. The summed E-state index contributed by atoms with van der Waals surface area (Å²) in [4.78, 5) is 8.22. The Morgan fingerprint density at radius 3 is 1.66 bits per heavy atom. The van der Waals surface area contributed by atoms with E-state index in [9.17, 15) is 26.3 Å². The molecule has 5 atom stereocenters. The topological polar surface area (TPSA) is 70.9 Å². The summed E-state index contributed by atoms with van der Waals surface area (Å²) in [6.07, 6.45) is -14.3. The molecule has 0 radical (unpaired) electrons. The quantitative estimate of drug-likeness (QED) is 0.0638. The molecule has 0 bridgehead atoms. The van der Waals surface area contributed by atoms with Crippen LogP contribution in [0.4, 0.5) is 32.0 Å². The van der Waals surface area contributed by atoms with Gasteiger partial charge in [-0.25, -0.2) is 4.99 Å². The van der Waals surface area contributed by atoms with Crippen molar-refractivity contribution in [2.45, 2.75) is 62.8 Å². The van der Waals surface area contributed by atoms with Gasteiger partial charge in [-0.05, 0) is 34.9 Å². The van der Waals surface area contributed by atoms with Crippen LogP contribution in [0.15, 0.2) is 156 Å². The van der Waals surface area contributed by atoms with Gasteiger partial charge in [0.2, 0.25) is 6.29 Å². The van der Waals surface area contributed by atoms with Crippen LogP contribution in [-0.4, -0.2) is 55.5 Å². The number of para-hydroxylation sites is 1. The molecular weight excluding hydrogens is 738 g/mol. The molecule has 0 aromatic heterocycles. The number of alkyl halides is 6. The molecule has 56 heavy (non-hydrogen) atoms. The molecule has 1 aliphatic heterocycles. The zero-order chi connectivity index (χ0) is 39.4. The van der Waals surface area contributed by atoms with E-state index >= 15 is 0 Å². The molecule has 1 heterocycles. The van der Waals surface area contributed by atoms with E-state index in [0.717, 1.165) is 23.4 Å². The van der Waals surface area contributed by atoms with Crippen molar-refractivity contribution in [3.8, 4) is 0 Å². The maximum Gasteiger partial charge on any atom is 0.468 e. The Balaban J connectivity index is 1.44. The van der Waals surface area contributed by atoms with Gasteiger partial charge < -0.3 is 23.7 Å². The smallest absolute Gasteiger partial charge is 0.442 e. The van der Waals surface area contributed by atoms with Crippen LogP contribution in [0, 0.1) is 0 Å². The largest absolute Gasteiger partial charge is 0.468 e. The lowest BCUT2D eigenvalue weighted by molar-refractivity contribution is -0.272. The van der Waals surface area contributed by atoms with E-state index in [1.165, 1.54) is 42.5 Å². The fraction of sp³-hybridized carbons (Fsp3) is 0.256. The van der Waals surface area contributed by atoms with Gasteiger partial charge >= 0.3 is 12.4 Å². The minimum Gasteiger partial charge on any atom is -0.442 e. The van der Waals surface area contributed by atoms with Crippen molar-refractivity contribution in [1.29, 1.82) is 0 Å². The summed E-state index contributed by atoms with van der Waals surface area (Å²) in [7, 11) is 0. The molecule has 6 rings (SSSR count). The summed E-state index contributed by atoms with van der Waals surface area (Å²) in [6, 6.07) is 37.9. The van der Waals surface area contributed by atoms with E-state index in [-0.39, 0.29) is 37.7 Å². The van der Waals surface area contributed by atoms with Gasteiger partial charge in [0.15, 0.2) is 0 Å². The molecule has 1 fully saturated rings. The van der Waals surface area contributed by atoms with E-state index in [0.29, 0.717) is 5.56 Å². The van der Waals surface area contributed by atoms with Crippen LogP contribution < -0.4 is 0 Å². The zero-order valence-corrected chi connectivity index (χ0v) is 29.9. The van der Waals surface area contributed by atoms with Crippen LogP contribution in [0.25, 0.3) is 0 Å². The Kier molecular flexibility index (Phi) is 13.7. The zero-order valence-electron chi connectivity index (χ0n) is 29.9. The third-order valence-electron chi connectivity index (χ3n) is 8.69. The molecule has 0 saturated carbocycles. The molecule has 0 unspecified atom stereocenters. The van der Waals surface area contributed by atoms with Crippen molar-refractivity contribution in [1.82, 2.24) is 0 Å². The van der Waals surface area contributed by atoms with E-state index in [1.54, 1.807) is 30.3 Å². The lowest BCUT2D eigenvalue weighted by Gasteiger charge is -2.44. The van der Waals surface area contributed by atoms with Gasteiger partial charge in [0.1, 0.15) is 24.4 Å². The second kappa shape index (κ2) is 19.0. The molecule has 1 aliphatic rings. The van der Waals surface area contributed by atoms with Crippen LogP contribution in [0.5, 0.6) is 0 Å². The van der Waals surface area contributed by atoms with Crippen LogP contribution in [0.2, 0.25) is 0 Å². The van der Waals surface area contributed by atoms with Gasteiger partial charge in [-0.1, -0.05) is 127 Å². The average molecular weight is 777 g/mol. The second-order valence-electron chi connectivity index (χ2n) is 12.8. The van der Waals surface area contributed by atoms with Gasteiger partial charge in [0.05, 0.1) is 37.7 Å². The first-order valence-electron chi connectivity index (χ1n) is 17.7. The number of aliphatic imine (C=N–C) groups is 2. The number of hydrogen-bond acceptors (Lipinski definition) is 7. The van der Waals surface area contributed by atoms with E-state index in [1.807, 2.05) is 66.7 Å². The van der Waals surface area contributed by atoms with Crippen LogP contribution >= 0.6 is 0 Å². The first-order valence-corrected chi connectivity index (χ1v) is 17.7. The minimum atomic E-state index is -5.11. The molecule has 0 spiro atoms. The highest BCUT2D eigenvalue weighted by Crippen LogP contribution is 2.35. The highest BCUT2D eigenvalue weighted by atomic mass is 19.4. The summed E-state index contributed by atoms with van der Waals surface area (Å²) in [5.41, 5.74) is 0.926. The molecule has 5 aromatic carbocycles. The Morgan fingerprint density at radius 2 is 1.11 bits per heavy atom. The van der Waals surface area contributed by atoms with Crippen molar-refractivity contribution in [2.75, 3.05) is 6.61 Å². The van der Waals surface area contributed by atoms with Gasteiger partial charge in [0, 0.05) is 11.8 Å². The van der Waals surface area contributed by atoms with Crippen molar-refractivity contribution < 1.29 is 50.0 Å². The molecule has 0 N–H and O–H groups in total. The van der Waals surface area contributed by atoms with Crippen molar-refractivity contribution in [2.24, 2.45) is 9.98 Å². The third-order valence-corrected chi connectivity index (χ3v) is 8.69. The highest BCUT2D eigenvalue weighted by Gasteiger charge is 2.51. The number of nitrogens with zero attached hydrogens (tertiary/aromatic N) is 2. The number of benzene rings is 5. The fourth-order valence-corrected chi connectivity index (χ4v) is 5.99. The molecule has 1 saturated heterocycles. The third kappa shape index (κ3) is 11.4. The number of rotatable bonds is 14. The average Bonchev–Trinajstić information content (AvgIpc) is 3.20. The molecule has 7 nitrogen and oxygen atoms in total. The minimum absolute atomic E-state index is 0.0252. The summed E-state index contributed by atoms with van der Waals surface area (Å²) >= 11 is 0. The number of hydrogen-bond donors (Lipinski definition) is 0. The predicted molar refractivity (Wildman–Crippen MR) is 198 cm³/mol. The monoisotopic (exact) mass is 776 g/mol. The highest BCUT2D eigenvalue weighted by molar-refractivity contribution is 5.85. The standard InChI is InChI=1S/C43H38F6N2O5/c44-42(45,46)35-24-14-13-21-33(35)25-50-37-39(54-28-32-19-9-3-10-20-32)38(53-27-31-17-7-2-8-18-31)36(29-52-26-30-15-5-1-6-16-30)55-40(37)56-41(43(47,48)49)51-34-22-11-4-12-23-34/h1-25,36-40H,26-29H2/t36-,37-,38-,39-,40+/m1/s1. The van der Waals surface area contributed by atoms with Crippen LogP contribution in [0.1, 0.15) is 27.8 Å². The first kappa shape index (κ1) is 40.3. The first-order chi connectivity index (χ1) is 27.0. The van der Waals surface area contributed by atoms with Crippen molar-refractivity contribution in [3.63, 3.8) is 0 Å². The molecule has 13 heteroatoms. The Labute approximate surface area is 320 Å². The van der Waals surface area contributed by atoms with E-state index < -0.39 is 54.5 Å². The normalized spacial score (nSPS) is 20.6. The van der Waals surface area contributed by atoms with Crippen LogP contribution in [0.3, 0.4) is 0 Å². The van der Waals surface area contributed by atoms with Crippen LogP contribution in [-0.2, 0) is 49.7 Å². The predicted octanol–water partition coefficient (Wildman–Crippen LogP) is 9.91. The van der Waals surface area contributed by atoms with Crippen molar-refractivity contribution >= 4 is 17.8 Å². The molecule has 292 valence electrons. The van der Waals surface area contributed by atoms with Gasteiger partial charge in [-0.2, -0.15) is 26.3 Å². The van der Waals surface area contributed by atoms with E-state index in [4.69, 9.17) is 23.7 Å². The lowest BCUT2D eigenvalue weighted by Crippen LogP contribution is -2.61. The lowest BCUT2D eigenvalue weighted by atomic mass is 9.96. The summed E-state index contributed by atoms with van der Waals surface area (Å²) in [5, 5.41) is 0. The molecule has 0 aliphatic carbocycles. The fourth-order valence-electron chi connectivity index (χ4n) is 5.99. The van der Waals surface area contributed by atoms with Crippen molar-refractivity contribution in [3.05, 3.63) is 173 Å². The second-order valence-corrected chi connectivity index (χ2v) is 12.8. The maximum absolute atomic E-state index is 14.7. The summed E-state index contributed by atoms with van der Waals surface area (Å²) < 4.78 is 117. The SMILES string of the molecule is FC(F)(F)C(=Nc1ccccc1)O[C@@H]1O[C@H](COCc2ccccc2)[C@@H](OCc2ccccc2)[C@H](OCc2ccccc2)[C@H]1N=Cc1ccccc1C(F)(F)F. The number of halogens is 6. The van der Waals surface area contributed by atoms with E-state index in [2.05, 4.69) is 9.98 Å². The molecular formula is C43H38F6N2O5. The Bertz CT molecular complexity index is 2000. The Hall–Kier alpha value is -5.34.